The second kappa shape index (κ2) is 8.83. The van der Waals surface area contributed by atoms with Crippen molar-refractivity contribution in [3.8, 4) is 5.69 Å². The molecule has 0 spiro atoms. The summed E-state index contributed by atoms with van der Waals surface area (Å²) in [6, 6.07) is 17.6. The summed E-state index contributed by atoms with van der Waals surface area (Å²) in [7, 11) is 1.77. The fraction of sp³-hybridized carbons (Fsp3) is 0.269. The first-order valence-electron chi connectivity index (χ1n) is 10.9. The monoisotopic (exact) mass is 428 g/mol. The Morgan fingerprint density at radius 2 is 1.81 bits per heavy atom. The zero-order chi connectivity index (χ0) is 22.8. The zero-order valence-corrected chi connectivity index (χ0v) is 19.0. The van der Waals surface area contributed by atoms with E-state index in [0.717, 1.165) is 40.1 Å². The van der Waals surface area contributed by atoms with Crippen LogP contribution < -0.4 is 10.9 Å². The molecule has 0 fully saturated rings. The highest BCUT2D eigenvalue weighted by Gasteiger charge is 2.20. The minimum absolute atomic E-state index is 0.0899. The molecule has 0 radical (unpaired) electrons. The molecule has 4 aromatic rings. The topological polar surface area (TPSA) is 68.9 Å². The molecule has 1 N–H and O–H groups in total. The summed E-state index contributed by atoms with van der Waals surface area (Å²) in [5.41, 5.74) is 5.95. The lowest BCUT2D eigenvalue weighted by atomic mass is 10.0. The summed E-state index contributed by atoms with van der Waals surface area (Å²) in [6.45, 7) is 5.99. The molecule has 32 heavy (non-hydrogen) atoms. The first-order chi connectivity index (χ1) is 15.4. The van der Waals surface area contributed by atoms with Crippen molar-refractivity contribution in [1.82, 2.24) is 14.3 Å². The number of nitrogens with zero attached hydrogens (tertiary/aromatic N) is 3. The van der Waals surface area contributed by atoms with Crippen LogP contribution in [0.1, 0.15) is 35.7 Å². The Balaban J connectivity index is 1.64. The maximum Gasteiger partial charge on any atom is 0.255 e. The summed E-state index contributed by atoms with van der Waals surface area (Å²) in [4.78, 5) is 25.8. The van der Waals surface area contributed by atoms with Gasteiger partial charge in [-0.15, -0.1) is 0 Å². The van der Waals surface area contributed by atoms with Crippen molar-refractivity contribution in [2.45, 2.75) is 40.0 Å². The highest BCUT2D eigenvalue weighted by atomic mass is 16.1. The molecular weight excluding hydrogens is 400 g/mol. The largest absolute Gasteiger partial charge is 0.326 e. The molecule has 0 bridgehead atoms. The Bertz CT molecular complexity index is 1350. The van der Waals surface area contributed by atoms with Crippen molar-refractivity contribution >= 4 is 22.6 Å². The zero-order valence-electron chi connectivity index (χ0n) is 19.0. The van der Waals surface area contributed by atoms with Crippen LogP contribution in [-0.2, 0) is 24.7 Å². The van der Waals surface area contributed by atoms with Crippen molar-refractivity contribution in [3.05, 3.63) is 87.3 Å². The summed E-state index contributed by atoms with van der Waals surface area (Å²) in [5, 5.41) is 8.62. The molecule has 0 unspecified atom stereocenters. The predicted molar refractivity (Wildman–Crippen MR) is 129 cm³/mol. The number of carbonyl (C=O) groups is 1. The fourth-order valence-electron chi connectivity index (χ4n) is 4.25. The Labute approximate surface area is 187 Å². The van der Waals surface area contributed by atoms with E-state index in [9.17, 15) is 9.59 Å². The van der Waals surface area contributed by atoms with Crippen LogP contribution in [0, 0.1) is 13.8 Å². The Morgan fingerprint density at radius 1 is 1.06 bits per heavy atom. The van der Waals surface area contributed by atoms with E-state index >= 15 is 0 Å². The smallest absolute Gasteiger partial charge is 0.255 e. The van der Waals surface area contributed by atoms with Crippen molar-refractivity contribution in [2.24, 2.45) is 7.05 Å². The predicted octanol–water partition coefficient (Wildman–Crippen LogP) is 4.47. The van der Waals surface area contributed by atoms with Gasteiger partial charge in [-0.3, -0.25) is 14.2 Å². The molecule has 2 heterocycles. The standard InChI is InChI=1S/C26H28N4O2/c1-5-19-10-9-11-20(16-19)27-23(31)15-14-22-17(2)24-18(3)28-30(21-12-7-6-8-13-21)25(24)29(4)26(22)32/h6-13,16H,5,14-15H2,1-4H3,(H,27,31). The lowest BCUT2D eigenvalue weighted by molar-refractivity contribution is -0.116. The molecule has 6 heteroatoms. The molecule has 2 aromatic carbocycles. The van der Waals surface area contributed by atoms with E-state index < -0.39 is 0 Å². The lowest BCUT2D eigenvalue weighted by Gasteiger charge is -2.13. The molecule has 2 aromatic heterocycles. The lowest BCUT2D eigenvalue weighted by Crippen LogP contribution is -2.25. The number of rotatable bonds is 6. The average molecular weight is 429 g/mol. The second-order valence-electron chi connectivity index (χ2n) is 8.10. The second-order valence-corrected chi connectivity index (χ2v) is 8.10. The maximum atomic E-state index is 13.2. The minimum Gasteiger partial charge on any atom is -0.326 e. The van der Waals surface area contributed by atoms with E-state index in [1.165, 1.54) is 5.56 Å². The first-order valence-corrected chi connectivity index (χ1v) is 10.9. The molecule has 1 amide bonds. The number of pyridine rings is 1. The number of benzene rings is 2. The molecular formula is C26H28N4O2. The van der Waals surface area contributed by atoms with Crippen molar-refractivity contribution in [1.29, 1.82) is 0 Å². The quantitative estimate of drug-likeness (QED) is 0.492. The number of nitrogens with one attached hydrogen (secondary N) is 1. The Hall–Kier alpha value is -3.67. The Morgan fingerprint density at radius 3 is 2.53 bits per heavy atom. The van der Waals surface area contributed by atoms with E-state index in [4.69, 9.17) is 5.10 Å². The van der Waals surface area contributed by atoms with Gasteiger partial charge in [0.25, 0.3) is 5.56 Å². The van der Waals surface area contributed by atoms with Gasteiger partial charge in [0.2, 0.25) is 5.91 Å². The summed E-state index contributed by atoms with van der Waals surface area (Å²) >= 11 is 0. The maximum absolute atomic E-state index is 13.2. The number of anilines is 1. The number of hydrogen-bond acceptors (Lipinski definition) is 3. The SMILES string of the molecule is CCc1cccc(NC(=O)CCc2c(C)c3c(C)nn(-c4ccccc4)c3n(C)c2=O)c1. The number of aromatic nitrogens is 3. The van der Waals surface area contributed by atoms with Gasteiger partial charge in [-0.05, 0) is 62.1 Å². The summed E-state index contributed by atoms with van der Waals surface area (Å²) in [5.74, 6) is -0.100. The van der Waals surface area contributed by atoms with Crippen LogP contribution in [-0.4, -0.2) is 20.3 Å². The van der Waals surface area contributed by atoms with Gasteiger partial charge in [-0.1, -0.05) is 37.3 Å². The third-order valence-corrected chi connectivity index (χ3v) is 5.97. The number of para-hydroxylation sites is 1. The van der Waals surface area contributed by atoms with Gasteiger partial charge in [-0.2, -0.15) is 5.10 Å². The van der Waals surface area contributed by atoms with Crippen LogP contribution in [0.3, 0.4) is 0 Å². The molecule has 0 aliphatic rings. The summed E-state index contributed by atoms with van der Waals surface area (Å²) in [6.07, 6.45) is 1.53. The van der Waals surface area contributed by atoms with Gasteiger partial charge in [0, 0.05) is 30.1 Å². The highest BCUT2D eigenvalue weighted by molar-refractivity contribution is 5.91. The van der Waals surface area contributed by atoms with Gasteiger partial charge in [0.1, 0.15) is 5.65 Å². The van der Waals surface area contributed by atoms with E-state index in [1.807, 2.05) is 73.1 Å². The Kier molecular flexibility index (Phi) is 5.95. The number of aryl methyl sites for hydroxylation is 4. The van der Waals surface area contributed by atoms with E-state index in [0.29, 0.717) is 12.0 Å². The van der Waals surface area contributed by atoms with Gasteiger partial charge in [0.15, 0.2) is 0 Å². The van der Waals surface area contributed by atoms with E-state index in [1.54, 1.807) is 11.6 Å². The number of hydrogen-bond donors (Lipinski definition) is 1. The van der Waals surface area contributed by atoms with Gasteiger partial charge in [0.05, 0.1) is 11.4 Å². The first kappa shape index (κ1) is 21.6. The van der Waals surface area contributed by atoms with Crippen LogP contribution >= 0.6 is 0 Å². The van der Waals surface area contributed by atoms with E-state index in [2.05, 4.69) is 12.2 Å². The van der Waals surface area contributed by atoms with E-state index in [-0.39, 0.29) is 17.9 Å². The van der Waals surface area contributed by atoms with Crippen LogP contribution in [0.25, 0.3) is 16.7 Å². The fourth-order valence-corrected chi connectivity index (χ4v) is 4.25. The number of amides is 1. The van der Waals surface area contributed by atoms with Crippen LogP contribution in [0.2, 0.25) is 0 Å². The summed E-state index contributed by atoms with van der Waals surface area (Å²) < 4.78 is 3.46. The minimum atomic E-state index is -0.100. The molecule has 4 rings (SSSR count). The number of carbonyl (C=O) groups excluding carboxylic acids is 1. The van der Waals surface area contributed by atoms with Crippen molar-refractivity contribution < 1.29 is 4.79 Å². The van der Waals surface area contributed by atoms with Crippen molar-refractivity contribution in [3.63, 3.8) is 0 Å². The van der Waals surface area contributed by atoms with Crippen LogP contribution in [0.4, 0.5) is 5.69 Å². The molecule has 6 nitrogen and oxygen atoms in total. The van der Waals surface area contributed by atoms with Crippen LogP contribution in [0.5, 0.6) is 0 Å². The molecule has 0 saturated carbocycles. The molecule has 164 valence electrons. The average Bonchev–Trinajstić information content (AvgIpc) is 3.15. The molecule has 0 aliphatic heterocycles. The third kappa shape index (κ3) is 3.96. The normalized spacial score (nSPS) is 11.1. The van der Waals surface area contributed by atoms with Crippen LogP contribution in [0.15, 0.2) is 59.4 Å². The molecule has 0 saturated heterocycles. The van der Waals surface area contributed by atoms with Crippen molar-refractivity contribution in [2.75, 3.05) is 5.32 Å². The highest BCUT2D eigenvalue weighted by Crippen LogP contribution is 2.25. The van der Waals surface area contributed by atoms with Gasteiger partial charge >= 0.3 is 0 Å². The van der Waals surface area contributed by atoms with Gasteiger partial charge in [-0.25, -0.2) is 4.68 Å². The van der Waals surface area contributed by atoms with Gasteiger partial charge < -0.3 is 5.32 Å². The molecule has 0 aliphatic carbocycles. The molecule has 0 atom stereocenters. The third-order valence-electron chi connectivity index (χ3n) is 5.97. The number of fused-ring (bicyclic) bond motifs is 1.